The number of rotatable bonds is 3. The standard InChI is InChI=1S/C11H11N5O2/c1-8-13-14-9(2)15(8)12-7-10-5-3-4-6-11(10)16(17)18/h3-7H,1-2H3. The topological polar surface area (TPSA) is 86.2 Å². The smallest absolute Gasteiger partial charge is 0.258 e. The van der Waals surface area contributed by atoms with Crippen molar-refractivity contribution < 1.29 is 4.92 Å². The van der Waals surface area contributed by atoms with E-state index in [1.54, 1.807) is 32.0 Å². The van der Waals surface area contributed by atoms with Crippen LogP contribution in [0.3, 0.4) is 0 Å². The maximum atomic E-state index is 10.8. The van der Waals surface area contributed by atoms with Crippen molar-refractivity contribution in [2.45, 2.75) is 13.8 Å². The van der Waals surface area contributed by atoms with Gasteiger partial charge in [0.2, 0.25) is 0 Å². The van der Waals surface area contributed by atoms with Crippen molar-refractivity contribution in [2.75, 3.05) is 0 Å². The Bertz CT molecular complexity index is 598. The summed E-state index contributed by atoms with van der Waals surface area (Å²) in [5.74, 6) is 1.25. The van der Waals surface area contributed by atoms with Gasteiger partial charge in [-0.25, -0.2) is 4.68 Å². The van der Waals surface area contributed by atoms with Crippen molar-refractivity contribution in [1.29, 1.82) is 0 Å². The molecule has 0 spiro atoms. The van der Waals surface area contributed by atoms with Gasteiger partial charge in [0.25, 0.3) is 5.69 Å². The van der Waals surface area contributed by atoms with Crippen molar-refractivity contribution in [3.63, 3.8) is 0 Å². The summed E-state index contributed by atoms with van der Waals surface area (Å²) in [6.45, 7) is 3.52. The second-order valence-electron chi connectivity index (χ2n) is 3.67. The zero-order valence-corrected chi connectivity index (χ0v) is 9.94. The molecule has 2 rings (SSSR count). The second-order valence-corrected chi connectivity index (χ2v) is 3.67. The first-order valence-electron chi connectivity index (χ1n) is 5.26. The maximum Gasteiger partial charge on any atom is 0.278 e. The number of aryl methyl sites for hydroxylation is 2. The number of para-hydroxylation sites is 1. The summed E-state index contributed by atoms with van der Waals surface area (Å²) in [6, 6.07) is 6.41. The van der Waals surface area contributed by atoms with E-state index in [0.29, 0.717) is 17.2 Å². The fourth-order valence-corrected chi connectivity index (χ4v) is 1.51. The molecule has 18 heavy (non-hydrogen) atoms. The lowest BCUT2D eigenvalue weighted by Crippen LogP contribution is -1.98. The molecule has 2 aromatic rings. The monoisotopic (exact) mass is 245 g/mol. The third-order valence-electron chi connectivity index (χ3n) is 2.40. The summed E-state index contributed by atoms with van der Waals surface area (Å²) in [4.78, 5) is 10.4. The highest BCUT2D eigenvalue weighted by Crippen LogP contribution is 2.15. The van der Waals surface area contributed by atoms with Crippen LogP contribution in [0, 0.1) is 24.0 Å². The minimum Gasteiger partial charge on any atom is -0.258 e. The molecule has 0 aliphatic heterocycles. The molecule has 92 valence electrons. The lowest BCUT2D eigenvalue weighted by Gasteiger charge is -1.98. The largest absolute Gasteiger partial charge is 0.278 e. The normalized spacial score (nSPS) is 11.0. The fraction of sp³-hybridized carbons (Fsp3) is 0.182. The van der Waals surface area contributed by atoms with E-state index >= 15 is 0 Å². The first kappa shape index (κ1) is 11.9. The summed E-state index contributed by atoms with van der Waals surface area (Å²) in [6.07, 6.45) is 1.43. The van der Waals surface area contributed by atoms with Gasteiger partial charge in [-0.3, -0.25) is 10.1 Å². The molecule has 0 saturated carbocycles. The van der Waals surface area contributed by atoms with Crippen LogP contribution >= 0.6 is 0 Å². The SMILES string of the molecule is Cc1nnc(C)n1N=Cc1ccccc1[N+](=O)[O-]. The Morgan fingerprint density at radius 2 is 1.89 bits per heavy atom. The minimum absolute atomic E-state index is 0.0182. The first-order chi connectivity index (χ1) is 8.59. The van der Waals surface area contributed by atoms with Gasteiger partial charge < -0.3 is 0 Å². The summed E-state index contributed by atoms with van der Waals surface area (Å²) in [5.41, 5.74) is 0.458. The van der Waals surface area contributed by atoms with Gasteiger partial charge in [0, 0.05) is 6.07 Å². The zero-order chi connectivity index (χ0) is 13.1. The second kappa shape index (κ2) is 4.74. The Hall–Kier alpha value is -2.57. The predicted molar refractivity (Wildman–Crippen MR) is 65.6 cm³/mol. The number of nitro groups is 1. The van der Waals surface area contributed by atoms with Gasteiger partial charge >= 0.3 is 0 Å². The van der Waals surface area contributed by atoms with Gasteiger partial charge in [-0.2, -0.15) is 5.10 Å². The Morgan fingerprint density at radius 3 is 2.50 bits per heavy atom. The van der Waals surface area contributed by atoms with Gasteiger partial charge in [-0.1, -0.05) is 12.1 Å². The van der Waals surface area contributed by atoms with Gasteiger partial charge in [0.15, 0.2) is 11.6 Å². The van der Waals surface area contributed by atoms with E-state index in [0.717, 1.165) is 0 Å². The molecule has 0 atom stereocenters. The van der Waals surface area contributed by atoms with Crippen molar-refractivity contribution >= 4 is 11.9 Å². The van der Waals surface area contributed by atoms with E-state index in [2.05, 4.69) is 15.3 Å². The van der Waals surface area contributed by atoms with Crippen LogP contribution < -0.4 is 0 Å². The van der Waals surface area contributed by atoms with E-state index in [4.69, 9.17) is 0 Å². The molecule has 1 heterocycles. The number of nitro benzene ring substituents is 1. The summed E-state index contributed by atoms with van der Waals surface area (Å²) >= 11 is 0. The number of hydrogen-bond acceptors (Lipinski definition) is 5. The summed E-state index contributed by atoms with van der Waals surface area (Å²) in [7, 11) is 0. The quantitative estimate of drug-likeness (QED) is 0.467. The van der Waals surface area contributed by atoms with Crippen LogP contribution in [0.1, 0.15) is 17.2 Å². The summed E-state index contributed by atoms with van der Waals surface area (Å²) < 4.78 is 1.52. The van der Waals surface area contributed by atoms with Gasteiger partial charge in [0.1, 0.15) is 0 Å². The zero-order valence-electron chi connectivity index (χ0n) is 9.94. The Labute approximate surface area is 103 Å². The molecule has 0 aliphatic carbocycles. The predicted octanol–water partition coefficient (Wildman–Crippen LogP) is 1.69. The molecule has 0 amide bonds. The van der Waals surface area contributed by atoms with Crippen molar-refractivity contribution in [3.8, 4) is 0 Å². The van der Waals surface area contributed by atoms with Crippen LogP contribution in [0.5, 0.6) is 0 Å². The van der Waals surface area contributed by atoms with Crippen LogP contribution in [0.2, 0.25) is 0 Å². The molecule has 1 aromatic carbocycles. The van der Waals surface area contributed by atoms with Crippen LogP contribution in [0.4, 0.5) is 5.69 Å². The van der Waals surface area contributed by atoms with Crippen molar-refractivity contribution in [3.05, 3.63) is 51.6 Å². The maximum absolute atomic E-state index is 10.8. The molecule has 1 aromatic heterocycles. The average molecular weight is 245 g/mol. The molecular weight excluding hydrogens is 234 g/mol. The van der Waals surface area contributed by atoms with E-state index < -0.39 is 4.92 Å². The van der Waals surface area contributed by atoms with Gasteiger partial charge in [0.05, 0.1) is 16.7 Å². The van der Waals surface area contributed by atoms with Gasteiger partial charge in [-0.15, -0.1) is 10.2 Å². The Kier molecular flexibility index (Phi) is 3.13. The van der Waals surface area contributed by atoms with E-state index in [9.17, 15) is 10.1 Å². The van der Waals surface area contributed by atoms with Gasteiger partial charge in [-0.05, 0) is 19.9 Å². The third-order valence-corrected chi connectivity index (χ3v) is 2.40. The van der Waals surface area contributed by atoms with E-state index in [-0.39, 0.29) is 5.69 Å². The number of benzene rings is 1. The molecule has 0 unspecified atom stereocenters. The highest BCUT2D eigenvalue weighted by Gasteiger charge is 2.10. The molecule has 0 saturated heterocycles. The third kappa shape index (κ3) is 2.24. The average Bonchev–Trinajstić information content (AvgIpc) is 2.67. The van der Waals surface area contributed by atoms with Crippen molar-refractivity contribution in [2.24, 2.45) is 5.10 Å². The van der Waals surface area contributed by atoms with Crippen molar-refractivity contribution in [1.82, 2.24) is 14.9 Å². The molecule has 7 nitrogen and oxygen atoms in total. The number of hydrogen-bond donors (Lipinski definition) is 0. The fourth-order valence-electron chi connectivity index (χ4n) is 1.51. The van der Waals surface area contributed by atoms with E-state index in [1.807, 2.05) is 0 Å². The highest BCUT2D eigenvalue weighted by atomic mass is 16.6. The lowest BCUT2D eigenvalue weighted by atomic mass is 10.2. The Balaban J connectivity index is 2.38. The highest BCUT2D eigenvalue weighted by molar-refractivity contribution is 5.85. The Morgan fingerprint density at radius 1 is 1.28 bits per heavy atom. The minimum atomic E-state index is -0.437. The molecule has 7 heteroatoms. The van der Waals surface area contributed by atoms with Crippen LogP contribution in [0.15, 0.2) is 29.4 Å². The lowest BCUT2D eigenvalue weighted by molar-refractivity contribution is -0.385. The van der Waals surface area contributed by atoms with E-state index in [1.165, 1.54) is 17.0 Å². The molecule has 0 aliphatic rings. The first-order valence-corrected chi connectivity index (χ1v) is 5.26. The van der Waals surface area contributed by atoms with Crippen LogP contribution in [0.25, 0.3) is 0 Å². The molecule has 0 fully saturated rings. The molecule has 0 radical (unpaired) electrons. The number of aromatic nitrogens is 3. The number of nitrogens with zero attached hydrogens (tertiary/aromatic N) is 5. The molecule has 0 N–H and O–H groups in total. The van der Waals surface area contributed by atoms with Crippen LogP contribution in [-0.2, 0) is 0 Å². The molecule has 0 bridgehead atoms. The summed E-state index contributed by atoms with van der Waals surface area (Å²) in [5, 5.41) is 22.7. The van der Waals surface area contributed by atoms with Crippen LogP contribution in [-0.4, -0.2) is 26.0 Å². The molecular formula is C11H11N5O2.